The number of aromatic nitrogens is 4. The van der Waals surface area contributed by atoms with E-state index in [1.54, 1.807) is 29.4 Å². The summed E-state index contributed by atoms with van der Waals surface area (Å²) in [5, 5.41) is 4.40. The number of carbonyl (C=O) groups is 1. The highest BCUT2D eigenvalue weighted by atomic mass is 16.2. The number of piperazine rings is 1. The number of benzene rings is 1. The molecule has 1 saturated heterocycles. The zero-order chi connectivity index (χ0) is 20.2. The lowest BCUT2D eigenvalue weighted by atomic mass is 10.1. The second-order valence-electron chi connectivity index (χ2n) is 7.00. The van der Waals surface area contributed by atoms with Crippen LogP contribution >= 0.6 is 0 Å². The summed E-state index contributed by atoms with van der Waals surface area (Å²) in [6, 6.07) is 12.8. The molecule has 3 aromatic rings. The van der Waals surface area contributed by atoms with Crippen LogP contribution in [0.15, 0.2) is 59.7 Å². The van der Waals surface area contributed by atoms with Gasteiger partial charge in [-0.1, -0.05) is 29.8 Å². The van der Waals surface area contributed by atoms with E-state index in [0.717, 1.165) is 11.1 Å². The van der Waals surface area contributed by atoms with Crippen molar-refractivity contribution >= 4 is 11.9 Å². The average Bonchev–Trinajstić information content (AvgIpc) is 2.76. The molecule has 0 N–H and O–H groups in total. The molecule has 8 nitrogen and oxygen atoms in total. The van der Waals surface area contributed by atoms with Crippen LogP contribution in [0.3, 0.4) is 0 Å². The Morgan fingerprint density at radius 3 is 2.34 bits per heavy atom. The van der Waals surface area contributed by atoms with Crippen molar-refractivity contribution < 1.29 is 4.79 Å². The number of rotatable bonds is 4. The van der Waals surface area contributed by atoms with Gasteiger partial charge >= 0.3 is 0 Å². The molecular weight excluding hydrogens is 368 g/mol. The van der Waals surface area contributed by atoms with Gasteiger partial charge in [-0.05, 0) is 19.1 Å². The summed E-state index contributed by atoms with van der Waals surface area (Å²) in [7, 11) is 0. The summed E-state index contributed by atoms with van der Waals surface area (Å²) in [6.07, 6.45) is 3.41. The highest BCUT2D eigenvalue weighted by Gasteiger charge is 2.23. The first-order valence-electron chi connectivity index (χ1n) is 9.55. The van der Waals surface area contributed by atoms with E-state index in [2.05, 4.69) is 15.1 Å². The van der Waals surface area contributed by atoms with E-state index in [0.29, 0.717) is 37.8 Å². The van der Waals surface area contributed by atoms with E-state index >= 15 is 0 Å². The minimum atomic E-state index is -0.287. The van der Waals surface area contributed by atoms with E-state index < -0.39 is 0 Å². The van der Waals surface area contributed by atoms with Crippen LogP contribution in [-0.2, 0) is 11.3 Å². The lowest BCUT2D eigenvalue weighted by Gasteiger charge is -2.34. The Kier molecular flexibility index (Phi) is 5.33. The van der Waals surface area contributed by atoms with Crippen molar-refractivity contribution in [3.05, 3.63) is 70.8 Å². The van der Waals surface area contributed by atoms with Crippen molar-refractivity contribution in [3.8, 4) is 11.3 Å². The van der Waals surface area contributed by atoms with Gasteiger partial charge in [-0.3, -0.25) is 9.59 Å². The maximum atomic E-state index is 12.7. The molecule has 0 atom stereocenters. The SMILES string of the molecule is Cc1ccc(-c2ccc(=O)n(CC(=O)N3CCN(c4ncccn4)CC3)n2)cc1. The van der Waals surface area contributed by atoms with Gasteiger partial charge in [0.05, 0.1) is 5.69 Å². The molecule has 0 unspecified atom stereocenters. The van der Waals surface area contributed by atoms with Gasteiger partial charge in [0.2, 0.25) is 11.9 Å². The van der Waals surface area contributed by atoms with Crippen molar-refractivity contribution in [2.45, 2.75) is 13.5 Å². The van der Waals surface area contributed by atoms with Crippen LogP contribution in [0.5, 0.6) is 0 Å². The molecule has 2 aromatic heterocycles. The van der Waals surface area contributed by atoms with Crippen molar-refractivity contribution in [1.82, 2.24) is 24.6 Å². The average molecular weight is 390 g/mol. The molecule has 1 fully saturated rings. The molecule has 1 aliphatic rings. The molecule has 29 heavy (non-hydrogen) atoms. The first-order valence-corrected chi connectivity index (χ1v) is 9.55. The molecule has 0 bridgehead atoms. The largest absolute Gasteiger partial charge is 0.338 e. The van der Waals surface area contributed by atoms with Crippen LogP contribution in [-0.4, -0.2) is 56.7 Å². The van der Waals surface area contributed by atoms with Crippen LogP contribution < -0.4 is 10.5 Å². The molecule has 1 amide bonds. The highest BCUT2D eigenvalue weighted by molar-refractivity contribution is 5.76. The molecule has 0 aliphatic carbocycles. The van der Waals surface area contributed by atoms with Crippen LogP contribution in [0.1, 0.15) is 5.56 Å². The quantitative estimate of drug-likeness (QED) is 0.669. The van der Waals surface area contributed by atoms with E-state index in [1.165, 1.54) is 10.7 Å². The second kappa shape index (κ2) is 8.22. The van der Waals surface area contributed by atoms with Crippen molar-refractivity contribution in [2.75, 3.05) is 31.1 Å². The van der Waals surface area contributed by atoms with Gasteiger partial charge in [0.25, 0.3) is 5.56 Å². The number of carbonyl (C=O) groups excluding carboxylic acids is 1. The maximum absolute atomic E-state index is 12.7. The topological polar surface area (TPSA) is 84.2 Å². The zero-order valence-corrected chi connectivity index (χ0v) is 16.2. The number of nitrogens with zero attached hydrogens (tertiary/aromatic N) is 6. The second-order valence-corrected chi connectivity index (χ2v) is 7.00. The smallest absolute Gasteiger partial charge is 0.267 e. The van der Waals surface area contributed by atoms with Gasteiger partial charge in [-0.2, -0.15) is 5.10 Å². The molecule has 148 valence electrons. The number of hydrogen-bond donors (Lipinski definition) is 0. The third kappa shape index (κ3) is 4.31. The number of hydrogen-bond acceptors (Lipinski definition) is 6. The fourth-order valence-electron chi connectivity index (χ4n) is 3.28. The molecule has 0 radical (unpaired) electrons. The first kappa shape index (κ1) is 18.8. The molecule has 4 rings (SSSR count). The summed E-state index contributed by atoms with van der Waals surface area (Å²) in [6.45, 7) is 4.37. The number of amides is 1. The molecule has 3 heterocycles. The van der Waals surface area contributed by atoms with Crippen molar-refractivity contribution in [2.24, 2.45) is 0 Å². The van der Waals surface area contributed by atoms with E-state index in [-0.39, 0.29) is 18.0 Å². The third-order valence-electron chi connectivity index (χ3n) is 4.97. The van der Waals surface area contributed by atoms with Crippen LogP contribution in [0, 0.1) is 6.92 Å². The standard InChI is InChI=1S/C21H22N6O2/c1-16-3-5-17(6-4-16)18-7-8-19(28)27(24-18)15-20(29)25-11-13-26(14-12-25)21-22-9-2-10-23-21/h2-10H,11-15H2,1H3. The summed E-state index contributed by atoms with van der Waals surface area (Å²) in [5.74, 6) is 0.553. The minimum absolute atomic E-state index is 0.0691. The Hall–Kier alpha value is -3.55. The van der Waals surface area contributed by atoms with Crippen LogP contribution in [0.2, 0.25) is 0 Å². The Balaban J connectivity index is 1.43. The van der Waals surface area contributed by atoms with E-state index in [4.69, 9.17) is 0 Å². The van der Waals surface area contributed by atoms with Gasteiger partial charge < -0.3 is 9.80 Å². The third-order valence-corrected chi connectivity index (χ3v) is 4.97. The fraction of sp³-hybridized carbons (Fsp3) is 0.286. The normalized spacial score (nSPS) is 14.1. The van der Waals surface area contributed by atoms with E-state index in [1.807, 2.05) is 36.1 Å². The summed E-state index contributed by atoms with van der Waals surface area (Å²) < 4.78 is 1.24. The van der Waals surface area contributed by atoms with E-state index in [9.17, 15) is 9.59 Å². The van der Waals surface area contributed by atoms with Gasteiger partial charge in [-0.15, -0.1) is 0 Å². The summed E-state index contributed by atoms with van der Waals surface area (Å²) in [5.41, 5.74) is 2.44. The van der Waals surface area contributed by atoms with Gasteiger partial charge in [0.1, 0.15) is 6.54 Å². The van der Waals surface area contributed by atoms with Crippen molar-refractivity contribution in [1.29, 1.82) is 0 Å². The maximum Gasteiger partial charge on any atom is 0.267 e. The Bertz CT molecular complexity index is 1040. The van der Waals surface area contributed by atoms with Crippen LogP contribution in [0.25, 0.3) is 11.3 Å². The minimum Gasteiger partial charge on any atom is -0.338 e. The molecule has 0 saturated carbocycles. The van der Waals surface area contributed by atoms with Crippen LogP contribution in [0.4, 0.5) is 5.95 Å². The summed E-state index contributed by atoms with van der Waals surface area (Å²) in [4.78, 5) is 37.3. The van der Waals surface area contributed by atoms with Gasteiger partial charge in [-0.25, -0.2) is 14.6 Å². The van der Waals surface area contributed by atoms with Gasteiger partial charge in [0.15, 0.2) is 0 Å². The molecule has 0 spiro atoms. The zero-order valence-electron chi connectivity index (χ0n) is 16.2. The number of aryl methyl sites for hydroxylation is 1. The molecular formula is C21H22N6O2. The predicted octanol–water partition coefficient (Wildman–Crippen LogP) is 1.36. The highest BCUT2D eigenvalue weighted by Crippen LogP contribution is 2.16. The fourth-order valence-corrected chi connectivity index (χ4v) is 3.28. The number of anilines is 1. The predicted molar refractivity (Wildman–Crippen MR) is 109 cm³/mol. The first-order chi connectivity index (χ1) is 14.1. The molecule has 8 heteroatoms. The monoisotopic (exact) mass is 390 g/mol. The molecule has 1 aromatic carbocycles. The summed E-state index contributed by atoms with van der Waals surface area (Å²) >= 11 is 0. The molecule has 1 aliphatic heterocycles. The Morgan fingerprint density at radius 1 is 0.966 bits per heavy atom. The Morgan fingerprint density at radius 2 is 1.66 bits per heavy atom. The van der Waals surface area contributed by atoms with Gasteiger partial charge in [0, 0.05) is 50.2 Å². The lowest BCUT2D eigenvalue weighted by molar-refractivity contribution is -0.132. The lowest BCUT2D eigenvalue weighted by Crippen LogP contribution is -2.50. The van der Waals surface area contributed by atoms with Crippen molar-refractivity contribution in [3.63, 3.8) is 0 Å². The Labute approximate surface area is 168 Å².